The molecule has 0 aliphatic heterocycles. The Bertz CT molecular complexity index is 285. The molecule has 0 spiro atoms. The quantitative estimate of drug-likeness (QED) is 0.697. The predicted molar refractivity (Wildman–Crippen MR) is 61.9 cm³/mol. The van der Waals surface area contributed by atoms with E-state index in [0.717, 1.165) is 19.6 Å². The molecule has 0 radical (unpaired) electrons. The lowest BCUT2D eigenvalue weighted by Crippen LogP contribution is -2.25. The van der Waals surface area contributed by atoms with Gasteiger partial charge < -0.3 is 4.74 Å². The van der Waals surface area contributed by atoms with Crippen LogP contribution in [0.1, 0.15) is 18.9 Å². The van der Waals surface area contributed by atoms with Crippen LogP contribution in [0.3, 0.4) is 0 Å². The lowest BCUT2D eigenvalue weighted by Gasteiger charge is -2.18. The summed E-state index contributed by atoms with van der Waals surface area (Å²) < 4.78 is 4.62. The third-order valence-corrected chi connectivity index (χ3v) is 3.03. The molecule has 0 amide bonds. The molecule has 0 unspecified atom stereocenters. The first-order valence-corrected chi connectivity index (χ1v) is 6.00. The minimum absolute atomic E-state index is 0.140. The summed E-state index contributed by atoms with van der Waals surface area (Å²) in [7, 11) is 1.43. The Balaban J connectivity index is 2.33. The topological polar surface area (TPSA) is 29.5 Å². The van der Waals surface area contributed by atoms with Crippen LogP contribution in [0.25, 0.3) is 0 Å². The van der Waals surface area contributed by atoms with Crippen LogP contribution in [0.15, 0.2) is 16.8 Å². The minimum atomic E-state index is -0.140. The van der Waals surface area contributed by atoms with Crippen LogP contribution < -0.4 is 0 Å². The van der Waals surface area contributed by atoms with Gasteiger partial charge in [0, 0.05) is 13.1 Å². The van der Waals surface area contributed by atoms with E-state index in [1.54, 1.807) is 11.3 Å². The third kappa shape index (κ3) is 4.44. The van der Waals surface area contributed by atoms with Crippen molar-refractivity contribution in [2.24, 2.45) is 0 Å². The van der Waals surface area contributed by atoms with Crippen molar-refractivity contribution in [2.75, 3.05) is 20.2 Å². The van der Waals surface area contributed by atoms with Gasteiger partial charge in [-0.3, -0.25) is 9.69 Å². The molecule has 0 atom stereocenters. The molecule has 84 valence electrons. The van der Waals surface area contributed by atoms with Gasteiger partial charge in [0.15, 0.2) is 0 Å². The van der Waals surface area contributed by atoms with Gasteiger partial charge in [0.2, 0.25) is 0 Å². The standard InChI is InChI=1S/C11H17NO2S/c1-3-12(6-4-11(13)14-2)8-10-5-7-15-9-10/h5,7,9H,3-4,6,8H2,1-2H3. The zero-order valence-electron chi connectivity index (χ0n) is 9.23. The van der Waals surface area contributed by atoms with Gasteiger partial charge >= 0.3 is 5.97 Å². The van der Waals surface area contributed by atoms with Crippen LogP contribution in [0.4, 0.5) is 0 Å². The number of hydrogen-bond acceptors (Lipinski definition) is 4. The molecule has 0 saturated carbocycles. The van der Waals surface area contributed by atoms with Crippen LogP contribution in [-0.4, -0.2) is 31.1 Å². The molecule has 3 nitrogen and oxygen atoms in total. The monoisotopic (exact) mass is 227 g/mol. The first-order chi connectivity index (χ1) is 7.26. The molecular weight excluding hydrogens is 210 g/mol. The molecule has 4 heteroatoms. The van der Waals surface area contributed by atoms with Crippen LogP contribution >= 0.6 is 11.3 Å². The molecule has 15 heavy (non-hydrogen) atoms. The number of thiophene rings is 1. The molecule has 0 aliphatic rings. The highest BCUT2D eigenvalue weighted by atomic mass is 32.1. The normalized spacial score (nSPS) is 10.6. The van der Waals surface area contributed by atoms with E-state index >= 15 is 0 Å². The van der Waals surface area contributed by atoms with E-state index in [-0.39, 0.29) is 5.97 Å². The number of methoxy groups -OCH3 is 1. The van der Waals surface area contributed by atoms with Crippen molar-refractivity contribution >= 4 is 17.3 Å². The van der Waals surface area contributed by atoms with Crippen LogP contribution in [0, 0.1) is 0 Å². The van der Waals surface area contributed by atoms with Gasteiger partial charge in [0.1, 0.15) is 0 Å². The summed E-state index contributed by atoms with van der Waals surface area (Å²) in [4.78, 5) is 13.2. The zero-order chi connectivity index (χ0) is 11.1. The number of carbonyl (C=O) groups is 1. The Hall–Kier alpha value is -0.870. The Kier molecular flexibility index (Phi) is 5.36. The first-order valence-electron chi connectivity index (χ1n) is 5.06. The largest absolute Gasteiger partial charge is 0.469 e. The molecule has 0 aliphatic carbocycles. The fourth-order valence-corrected chi connectivity index (χ4v) is 2.00. The van der Waals surface area contributed by atoms with Crippen molar-refractivity contribution in [3.8, 4) is 0 Å². The van der Waals surface area contributed by atoms with E-state index < -0.39 is 0 Å². The summed E-state index contributed by atoms with van der Waals surface area (Å²) in [6.07, 6.45) is 0.467. The van der Waals surface area contributed by atoms with Gasteiger partial charge in [-0.25, -0.2) is 0 Å². The highest BCUT2D eigenvalue weighted by Gasteiger charge is 2.07. The molecular formula is C11H17NO2S. The highest BCUT2D eigenvalue weighted by molar-refractivity contribution is 7.07. The average molecular weight is 227 g/mol. The second kappa shape index (κ2) is 6.58. The highest BCUT2D eigenvalue weighted by Crippen LogP contribution is 2.09. The Morgan fingerprint density at radius 2 is 2.40 bits per heavy atom. The molecule has 1 aromatic heterocycles. The summed E-state index contributed by atoms with van der Waals surface area (Å²) in [6.45, 7) is 4.73. The van der Waals surface area contributed by atoms with Crippen molar-refractivity contribution in [3.63, 3.8) is 0 Å². The number of nitrogens with zero attached hydrogens (tertiary/aromatic N) is 1. The zero-order valence-corrected chi connectivity index (χ0v) is 10.0. The van der Waals surface area contributed by atoms with E-state index in [9.17, 15) is 4.79 Å². The smallest absolute Gasteiger partial charge is 0.306 e. The van der Waals surface area contributed by atoms with Gasteiger partial charge in [-0.1, -0.05) is 6.92 Å². The van der Waals surface area contributed by atoms with Crippen molar-refractivity contribution < 1.29 is 9.53 Å². The first kappa shape index (κ1) is 12.2. The SMILES string of the molecule is CCN(CCC(=O)OC)Cc1ccsc1. The summed E-state index contributed by atoms with van der Waals surface area (Å²) in [5.74, 6) is -0.140. The van der Waals surface area contributed by atoms with Crippen LogP contribution in [-0.2, 0) is 16.1 Å². The van der Waals surface area contributed by atoms with Crippen LogP contribution in [0.2, 0.25) is 0 Å². The van der Waals surface area contributed by atoms with Gasteiger partial charge in [0.25, 0.3) is 0 Å². The number of carbonyl (C=O) groups excluding carboxylic acids is 1. The molecule has 1 heterocycles. The second-order valence-electron chi connectivity index (χ2n) is 3.33. The maximum absolute atomic E-state index is 11.0. The molecule has 0 fully saturated rings. The molecule has 0 saturated heterocycles. The molecule has 0 bridgehead atoms. The van der Waals surface area contributed by atoms with Gasteiger partial charge in [0.05, 0.1) is 13.5 Å². The van der Waals surface area contributed by atoms with Crippen molar-refractivity contribution in [1.82, 2.24) is 4.90 Å². The number of esters is 1. The lowest BCUT2D eigenvalue weighted by atomic mass is 10.3. The molecule has 1 aromatic rings. The fraction of sp³-hybridized carbons (Fsp3) is 0.545. The molecule has 1 rings (SSSR count). The Morgan fingerprint density at radius 3 is 2.93 bits per heavy atom. The van der Waals surface area contributed by atoms with E-state index in [1.807, 2.05) is 0 Å². The summed E-state index contributed by atoms with van der Waals surface area (Å²) in [5, 5.41) is 4.21. The summed E-state index contributed by atoms with van der Waals surface area (Å²) in [5.41, 5.74) is 1.31. The molecule has 0 aromatic carbocycles. The molecule has 0 N–H and O–H groups in total. The van der Waals surface area contributed by atoms with E-state index in [2.05, 4.69) is 33.4 Å². The van der Waals surface area contributed by atoms with Crippen molar-refractivity contribution in [1.29, 1.82) is 0 Å². The van der Waals surface area contributed by atoms with E-state index in [0.29, 0.717) is 6.42 Å². The average Bonchev–Trinajstić information content (AvgIpc) is 2.76. The Labute approximate surface area is 94.7 Å². The lowest BCUT2D eigenvalue weighted by molar-refractivity contribution is -0.141. The number of rotatable bonds is 6. The number of hydrogen-bond donors (Lipinski definition) is 0. The van der Waals surface area contributed by atoms with Gasteiger partial charge in [-0.05, 0) is 28.9 Å². The van der Waals surface area contributed by atoms with Crippen molar-refractivity contribution in [3.05, 3.63) is 22.4 Å². The van der Waals surface area contributed by atoms with Crippen LogP contribution in [0.5, 0.6) is 0 Å². The Morgan fingerprint density at radius 1 is 1.60 bits per heavy atom. The second-order valence-corrected chi connectivity index (χ2v) is 4.11. The fourth-order valence-electron chi connectivity index (χ4n) is 1.34. The van der Waals surface area contributed by atoms with E-state index in [4.69, 9.17) is 0 Å². The third-order valence-electron chi connectivity index (χ3n) is 2.29. The van der Waals surface area contributed by atoms with Gasteiger partial charge in [-0.15, -0.1) is 0 Å². The summed E-state index contributed by atoms with van der Waals surface area (Å²) in [6, 6.07) is 2.12. The minimum Gasteiger partial charge on any atom is -0.469 e. The van der Waals surface area contributed by atoms with E-state index in [1.165, 1.54) is 12.7 Å². The van der Waals surface area contributed by atoms with Gasteiger partial charge in [-0.2, -0.15) is 11.3 Å². The summed E-state index contributed by atoms with van der Waals surface area (Å²) >= 11 is 1.70. The maximum Gasteiger partial charge on any atom is 0.306 e. The maximum atomic E-state index is 11.0. The van der Waals surface area contributed by atoms with Crippen molar-refractivity contribution in [2.45, 2.75) is 19.9 Å². The number of ether oxygens (including phenoxy) is 1. The predicted octanol–water partition coefficient (Wildman–Crippen LogP) is 2.13.